The number of nitrogens with one attached hydrogen (secondary N) is 2. The lowest BCUT2D eigenvalue weighted by Crippen LogP contribution is -2.19. The van der Waals surface area contributed by atoms with Crippen molar-refractivity contribution in [2.45, 2.75) is 5.16 Å². The van der Waals surface area contributed by atoms with E-state index in [1.807, 2.05) is 12.1 Å². The highest BCUT2D eigenvalue weighted by Gasteiger charge is 2.12. The van der Waals surface area contributed by atoms with Crippen LogP contribution in [0, 0.1) is 0 Å². The van der Waals surface area contributed by atoms with Gasteiger partial charge in [-0.3, -0.25) is 10.2 Å². The molecule has 8 nitrogen and oxygen atoms in total. The number of carbonyl (C=O) groups is 1. The summed E-state index contributed by atoms with van der Waals surface area (Å²) in [4.78, 5) is 11.9. The molecule has 0 saturated heterocycles. The number of rotatable bonds is 5. The second-order valence-electron chi connectivity index (χ2n) is 3.78. The molecule has 0 saturated carbocycles. The van der Waals surface area contributed by atoms with Gasteiger partial charge in [0, 0.05) is 8.95 Å². The SMILES string of the molecule is NNc1nnc(SCC(=O)Nc2ccc(Br)cc2Br)n1N. The van der Waals surface area contributed by atoms with Crippen molar-refractivity contribution in [2.75, 3.05) is 22.3 Å². The first-order valence-electron chi connectivity index (χ1n) is 5.56. The number of hydrazine groups is 1. The van der Waals surface area contributed by atoms with E-state index >= 15 is 0 Å². The van der Waals surface area contributed by atoms with Gasteiger partial charge >= 0.3 is 0 Å². The highest BCUT2D eigenvalue weighted by Crippen LogP contribution is 2.26. The molecule has 1 aromatic carbocycles. The standard InChI is InChI=1S/C10H11Br2N7OS/c11-5-1-2-7(6(12)3-5)15-8(20)4-21-10-18-17-9(16-13)19(10)14/h1-3H,4,13-14H2,(H,15,20)(H,16,17). The maximum absolute atomic E-state index is 11.9. The van der Waals surface area contributed by atoms with Gasteiger partial charge < -0.3 is 11.2 Å². The Morgan fingerprint density at radius 1 is 1.38 bits per heavy atom. The van der Waals surface area contributed by atoms with Gasteiger partial charge in [0.05, 0.1) is 11.4 Å². The predicted molar refractivity (Wildman–Crippen MR) is 89.2 cm³/mol. The highest BCUT2D eigenvalue weighted by molar-refractivity contribution is 9.11. The van der Waals surface area contributed by atoms with Crippen LogP contribution < -0.4 is 22.4 Å². The molecule has 0 spiro atoms. The van der Waals surface area contributed by atoms with Crippen LogP contribution in [-0.4, -0.2) is 26.5 Å². The molecular weight excluding hydrogens is 426 g/mol. The summed E-state index contributed by atoms with van der Waals surface area (Å²) < 4.78 is 2.87. The second kappa shape index (κ2) is 7.11. The summed E-state index contributed by atoms with van der Waals surface area (Å²) in [5.41, 5.74) is 2.98. The molecule has 21 heavy (non-hydrogen) atoms. The van der Waals surface area contributed by atoms with Gasteiger partial charge in [0.2, 0.25) is 11.1 Å². The Morgan fingerprint density at radius 3 is 2.76 bits per heavy atom. The average molecular weight is 437 g/mol. The molecule has 0 bridgehead atoms. The largest absolute Gasteiger partial charge is 0.334 e. The zero-order valence-electron chi connectivity index (χ0n) is 10.5. The van der Waals surface area contributed by atoms with Crippen LogP contribution in [0.15, 0.2) is 32.3 Å². The molecule has 0 unspecified atom stereocenters. The first-order valence-corrected chi connectivity index (χ1v) is 8.13. The van der Waals surface area contributed by atoms with Gasteiger partial charge in [-0.05, 0) is 34.1 Å². The van der Waals surface area contributed by atoms with Gasteiger partial charge in [0.25, 0.3) is 5.95 Å². The number of nitrogens with zero attached hydrogens (tertiary/aromatic N) is 3. The van der Waals surface area contributed by atoms with Crippen LogP contribution >= 0.6 is 43.6 Å². The summed E-state index contributed by atoms with van der Waals surface area (Å²) in [5, 5.41) is 10.7. The number of hydrogen-bond acceptors (Lipinski definition) is 7. The molecule has 0 aliphatic rings. The van der Waals surface area contributed by atoms with Crippen molar-refractivity contribution < 1.29 is 4.79 Å². The number of carbonyl (C=O) groups excluding carboxylic acids is 1. The number of anilines is 2. The van der Waals surface area contributed by atoms with Crippen molar-refractivity contribution in [3.63, 3.8) is 0 Å². The molecular formula is C10H11Br2N7OS. The van der Waals surface area contributed by atoms with Crippen molar-refractivity contribution in [1.29, 1.82) is 0 Å². The van der Waals surface area contributed by atoms with Crippen LogP contribution in [0.3, 0.4) is 0 Å². The Balaban J connectivity index is 1.94. The maximum atomic E-state index is 11.9. The average Bonchev–Trinajstić information content (AvgIpc) is 2.80. The summed E-state index contributed by atoms with van der Waals surface area (Å²) in [6, 6.07) is 5.47. The van der Waals surface area contributed by atoms with Crippen molar-refractivity contribution in [1.82, 2.24) is 14.9 Å². The fourth-order valence-corrected chi connectivity index (χ4v) is 3.18. The molecule has 0 fully saturated rings. The monoisotopic (exact) mass is 435 g/mol. The van der Waals surface area contributed by atoms with E-state index in [0.29, 0.717) is 10.8 Å². The van der Waals surface area contributed by atoms with E-state index < -0.39 is 0 Å². The Hall–Kier alpha value is -1.30. The van der Waals surface area contributed by atoms with Crippen LogP contribution in [0.25, 0.3) is 0 Å². The number of nitrogen functional groups attached to an aromatic ring is 2. The zero-order chi connectivity index (χ0) is 15.4. The zero-order valence-corrected chi connectivity index (χ0v) is 14.5. The first-order chi connectivity index (χ1) is 10.0. The van der Waals surface area contributed by atoms with E-state index in [0.717, 1.165) is 20.7 Å². The van der Waals surface area contributed by atoms with E-state index in [4.69, 9.17) is 11.7 Å². The predicted octanol–water partition coefficient (Wildman–Crippen LogP) is 1.53. The number of halogens is 2. The number of thioether (sulfide) groups is 1. The topological polar surface area (TPSA) is 124 Å². The minimum absolute atomic E-state index is 0.141. The third-order valence-corrected chi connectivity index (χ3v) is 4.42. The molecule has 0 aliphatic heterocycles. The van der Waals surface area contributed by atoms with Crippen LogP contribution in [0.2, 0.25) is 0 Å². The summed E-state index contributed by atoms with van der Waals surface area (Å²) in [5.74, 6) is 11.0. The Kier molecular flexibility index (Phi) is 5.45. The lowest BCUT2D eigenvalue weighted by molar-refractivity contribution is -0.113. The molecule has 2 aromatic rings. The summed E-state index contributed by atoms with van der Waals surface area (Å²) in [7, 11) is 0. The van der Waals surface area contributed by atoms with Gasteiger partial charge in [-0.1, -0.05) is 27.7 Å². The van der Waals surface area contributed by atoms with Gasteiger partial charge in [-0.15, -0.1) is 10.2 Å². The fourth-order valence-electron chi connectivity index (χ4n) is 1.38. The van der Waals surface area contributed by atoms with Gasteiger partial charge in [-0.2, -0.15) is 0 Å². The van der Waals surface area contributed by atoms with Crippen molar-refractivity contribution >= 4 is 61.2 Å². The quantitative estimate of drug-likeness (QED) is 0.318. The van der Waals surface area contributed by atoms with Gasteiger partial charge in [0.15, 0.2) is 0 Å². The van der Waals surface area contributed by atoms with E-state index in [-0.39, 0.29) is 17.6 Å². The minimum atomic E-state index is -0.187. The molecule has 112 valence electrons. The highest BCUT2D eigenvalue weighted by atomic mass is 79.9. The summed E-state index contributed by atoms with van der Waals surface area (Å²) in [6.45, 7) is 0. The minimum Gasteiger partial charge on any atom is -0.334 e. The van der Waals surface area contributed by atoms with Crippen molar-refractivity contribution in [3.05, 3.63) is 27.1 Å². The second-order valence-corrected chi connectivity index (χ2v) is 6.49. The lowest BCUT2D eigenvalue weighted by atomic mass is 10.3. The van der Waals surface area contributed by atoms with E-state index in [1.165, 1.54) is 4.68 Å². The van der Waals surface area contributed by atoms with Crippen molar-refractivity contribution in [3.8, 4) is 0 Å². The number of nitrogens with two attached hydrogens (primary N) is 2. The Bertz CT molecular complexity index is 663. The molecule has 2 rings (SSSR count). The molecule has 0 radical (unpaired) electrons. The van der Waals surface area contributed by atoms with Gasteiger partial charge in [-0.25, -0.2) is 10.5 Å². The fraction of sp³-hybridized carbons (Fsp3) is 0.100. The van der Waals surface area contributed by atoms with Crippen molar-refractivity contribution in [2.24, 2.45) is 5.84 Å². The summed E-state index contributed by atoms with van der Waals surface area (Å²) >= 11 is 7.87. The van der Waals surface area contributed by atoms with Crippen LogP contribution in [0.1, 0.15) is 0 Å². The smallest absolute Gasteiger partial charge is 0.258 e. The third kappa shape index (κ3) is 4.09. The number of aromatic nitrogens is 3. The van der Waals surface area contributed by atoms with Crippen LogP contribution in [-0.2, 0) is 4.79 Å². The Labute approximate surface area is 141 Å². The lowest BCUT2D eigenvalue weighted by Gasteiger charge is -2.07. The number of amides is 1. The molecule has 0 atom stereocenters. The molecule has 1 amide bonds. The number of benzene rings is 1. The third-order valence-electron chi connectivity index (χ3n) is 2.33. The Morgan fingerprint density at radius 2 is 2.14 bits per heavy atom. The molecule has 1 aromatic heterocycles. The van der Waals surface area contributed by atoms with Crippen LogP contribution in [0.5, 0.6) is 0 Å². The molecule has 1 heterocycles. The van der Waals surface area contributed by atoms with E-state index in [1.54, 1.807) is 6.07 Å². The maximum Gasteiger partial charge on any atom is 0.258 e. The van der Waals surface area contributed by atoms with Gasteiger partial charge in [0.1, 0.15) is 0 Å². The summed E-state index contributed by atoms with van der Waals surface area (Å²) in [6.07, 6.45) is 0. The number of hydrogen-bond donors (Lipinski definition) is 4. The van der Waals surface area contributed by atoms with E-state index in [9.17, 15) is 4.79 Å². The molecule has 6 N–H and O–H groups in total. The first kappa shape index (κ1) is 16.1. The van der Waals surface area contributed by atoms with E-state index in [2.05, 4.69) is 52.8 Å². The molecule has 0 aliphatic carbocycles. The van der Waals surface area contributed by atoms with Crippen LogP contribution in [0.4, 0.5) is 11.6 Å². The normalized spacial score (nSPS) is 10.4. The molecule has 11 heteroatoms.